The molecule has 6 rings (SSSR count). The Morgan fingerprint density at radius 3 is 1.25 bits per heavy atom. The number of carbonyl (C=O) groups is 4. The Kier molecular flexibility index (Phi) is 16.9. The number of piperidine rings is 4. The fraction of sp³-hybridized carbons (Fsp3) is 0.636. The van der Waals surface area contributed by atoms with Gasteiger partial charge in [0.2, 0.25) is 11.8 Å². The maximum absolute atomic E-state index is 14.9. The first-order valence-electron chi connectivity index (χ1n) is 21.7. The average molecular weight is 823 g/mol. The Labute approximate surface area is 347 Å². The smallest absolute Gasteiger partial charge is 0.220 e. The van der Waals surface area contributed by atoms with E-state index in [0.717, 1.165) is 102 Å². The lowest BCUT2D eigenvalue weighted by Crippen LogP contribution is -2.44. The van der Waals surface area contributed by atoms with Gasteiger partial charge in [-0.1, -0.05) is 12.1 Å². The molecule has 0 atom stereocenters. The fourth-order valence-electron chi connectivity index (χ4n) is 8.91. The summed E-state index contributed by atoms with van der Waals surface area (Å²) < 4.78 is 36.3. The number of likely N-dealkylation sites (tertiary alicyclic amines) is 4. The Balaban J connectivity index is 0.780. The van der Waals surface area contributed by atoms with Crippen molar-refractivity contribution in [1.29, 1.82) is 0 Å². The molecule has 2 amide bonds. The molecule has 0 radical (unpaired) electrons. The summed E-state index contributed by atoms with van der Waals surface area (Å²) in [5.41, 5.74) is 12.7. The number of halogens is 2. The van der Waals surface area contributed by atoms with Crippen molar-refractivity contribution in [1.82, 2.24) is 30.2 Å². The minimum absolute atomic E-state index is 0.0846. The maximum atomic E-state index is 14.9. The van der Waals surface area contributed by atoms with Crippen LogP contribution in [0.25, 0.3) is 0 Å². The monoisotopic (exact) mass is 822 g/mol. The number of rotatable bonds is 20. The highest BCUT2D eigenvalue weighted by Gasteiger charge is 2.27. The van der Waals surface area contributed by atoms with Gasteiger partial charge in [0.15, 0.2) is 11.6 Å². The predicted octanol–water partition coefficient (Wildman–Crippen LogP) is 2.55. The number of amides is 2. The summed E-state index contributed by atoms with van der Waals surface area (Å²) in [6.45, 7) is 11.0. The van der Waals surface area contributed by atoms with Crippen LogP contribution in [0.3, 0.4) is 0 Å². The van der Waals surface area contributed by atoms with E-state index in [-0.39, 0.29) is 71.6 Å². The van der Waals surface area contributed by atoms with Crippen LogP contribution in [0.2, 0.25) is 0 Å². The molecule has 0 unspecified atom stereocenters. The predicted molar refractivity (Wildman–Crippen MR) is 222 cm³/mol. The van der Waals surface area contributed by atoms with Crippen LogP contribution in [0.15, 0.2) is 36.4 Å². The quantitative estimate of drug-likeness (QED) is 0.115. The highest BCUT2D eigenvalue weighted by atomic mass is 19.1. The number of ether oxygens (including phenoxy) is 1. The molecule has 0 aromatic heterocycles. The van der Waals surface area contributed by atoms with Crippen LogP contribution in [0, 0.1) is 23.5 Å². The number of hydrogen-bond acceptors (Lipinski definition) is 11. The van der Waals surface area contributed by atoms with E-state index in [1.54, 1.807) is 12.1 Å². The average Bonchev–Trinajstić information content (AvgIpc) is 3.22. The minimum atomic E-state index is -0.499. The number of hydrogen-bond donors (Lipinski definition) is 4. The Morgan fingerprint density at radius 2 is 0.915 bits per heavy atom. The van der Waals surface area contributed by atoms with Crippen molar-refractivity contribution in [2.45, 2.75) is 76.7 Å². The van der Waals surface area contributed by atoms with Crippen molar-refractivity contribution in [3.8, 4) is 0 Å². The topological polar surface area (TPSA) is 167 Å². The van der Waals surface area contributed by atoms with E-state index in [9.17, 15) is 28.0 Å². The van der Waals surface area contributed by atoms with Gasteiger partial charge in [-0.2, -0.15) is 0 Å². The number of primary amides is 2. The van der Waals surface area contributed by atoms with Crippen molar-refractivity contribution >= 4 is 23.4 Å². The lowest BCUT2D eigenvalue weighted by atomic mass is 9.96. The molecule has 0 aliphatic carbocycles. The molecule has 6 N–H and O–H groups in total. The zero-order chi connectivity index (χ0) is 41.7. The van der Waals surface area contributed by atoms with E-state index in [2.05, 4.69) is 30.2 Å². The summed E-state index contributed by atoms with van der Waals surface area (Å²) in [5.74, 6) is -2.20. The number of ketones is 2. The number of Topliss-reactive ketones (excluding diaryl/α,β-unsaturated/α-hetero) is 2. The van der Waals surface area contributed by atoms with Gasteiger partial charge < -0.3 is 36.6 Å². The Hall–Kier alpha value is -3.70. The molecule has 4 heterocycles. The molecule has 4 aliphatic rings. The molecule has 0 spiro atoms. The fourth-order valence-corrected chi connectivity index (χ4v) is 8.91. The van der Waals surface area contributed by atoms with Gasteiger partial charge >= 0.3 is 0 Å². The number of nitrogens with zero attached hydrogens (tertiary/aromatic N) is 4. The standard InChI is InChI=1S/C44H64F2N8O5/c45-39-25-31(29-53-15-5-33(6-16-53)43(47)57)1-3-37(39)41(55)27-49-13-23-51-19-9-35(10-20-51)59-36-11-21-52(22-12-36)24-14-50-28-42(56)38-4-2-32(26-40(38)46)30-54-17-7-34(8-18-54)44(48)58/h1-4,25-26,33-36,49-50H,5-24,27-30H2,(H2,47,57)(H2,48,58). The number of benzene rings is 2. The highest BCUT2D eigenvalue weighted by molar-refractivity contribution is 5.98. The molecule has 0 bridgehead atoms. The van der Waals surface area contributed by atoms with Crippen LogP contribution >= 0.6 is 0 Å². The first-order valence-corrected chi connectivity index (χ1v) is 21.7. The molecule has 4 saturated heterocycles. The third kappa shape index (κ3) is 13.7. The van der Waals surface area contributed by atoms with E-state index in [1.165, 1.54) is 12.1 Å². The normalized spacial score (nSPS) is 20.2. The summed E-state index contributed by atoms with van der Waals surface area (Å²) >= 11 is 0. The third-order valence-corrected chi connectivity index (χ3v) is 12.7. The van der Waals surface area contributed by atoms with Crippen LogP contribution in [-0.2, 0) is 27.4 Å². The SMILES string of the molecule is NC(=O)C1CCN(Cc2ccc(C(=O)CNCCN3CCC(OC4CCN(CCNCC(=O)c5ccc(CN6CCC(C(N)=O)CC6)cc5F)CC4)CC3)c(F)c2)CC1. The maximum Gasteiger partial charge on any atom is 0.220 e. The van der Waals surface area contributed by atoms with Crippen molar-refractivity contribution in [3.63, 3.8) is 0 Å². The summed E-state index contributed by atoms with van der Waals surface area (Å²) in [6, 6.07) is 9.68. The second-order valence-corrected chi connectivity index (χ2v) is 17.0. The van der Waals surface area contributed by atoms with Crippen LogP contribution in [-0.4, -0.2) is 147 Å². The van der Waals surface area contributed by atoms with Gasteiger partial charge in [-0.3, -0.25) is 29.0 Å². The molecular weight excluding hydrogens is 759 g/mol. The van der Waals surface area contributed by atoms with E-state index >= 15 is 0 Å². The van der Waals surface area contributed by atoms with Crippen molar-refractivity contribution < 1.29 is 32.7 Å². The Morgan fingerprint density at radius 1 is 0.559 bits per heavy atom. The summed E-state index contributed by atoms with van der Waals surface area (Å²) in [4.78, 5) is 57.5. The molecule has 2 aromatic carbocycles. The van der Waals surface area contributed by atoms with E-state index in [0.29, 0.717) is 51.9 Å². The molecule has 324 valence electrons. The van der Waals surface area contributed by atoms with Crippen molar-refractivity contribution in [3.05, 3.63) is 70.3 Å². The zero-order valence-electron chi connectivity index (χ0n) is 34.5. The molecule has 13 nitrogen and oxygen atoms in total. The molecule has 15 heteroatoms. The second-order valence-electron chi connectivity index (χ2n) is 17.0. The lowest BCUT2D eigenvalue weighted by Gasteiger charge is -2.37. The first-order chi connectivity index (χ1) is 28.5. The minimum Gasteiger partial charge on any atom is -0.375 e. The van der Waals surface area contributed by atoms with E-state index in [4.69, 9.17) is 16.2 Å². The summed E-state index contributed by atoms with van der Waals surface area (Å²) in [6.07, 6.45) is 7.24. The van der Waals surface area contributed by atoms with Gasteiger partial charge in [0.05, 0.1) is 36.4 Å². The van der Waals surface area contributed by atoms with Gasteiger partial charge in [0.25, 0.3) is 0 Å². The number of nitrogens with one attached hydrogen (secondary N) is 2. The van der Waals surface area contributed by atoms with Crippen LogP contribution in [0.1, 0.15) is 83.2 Å². The van der Waals surface area contributed by atoms with E-state index in [1.807, 2.05) is 12.1 Å². The third-order valence-electron chi connectivity index (χ3n) is 12.7. The van der Waals surface area contributed by atoms with E-state index < -0.39 is 11.6 Å². The van der Waals surface area contributed by atoms with Crippen molar-refractivity contribution in [2.24, 2.45) is 23.3 Å². The zero-order valence-corrected chi connectivity index (χ0v) is 34.5. The van der Waals surface area contributed by atoms with Crippen LogP contribution in [0.4, 0.5) is 8.78 Å². The van der Waals surface area contributed by atoms with Gasteiger partial charge in [0, 0.05) is 77.3 Å². The molecule has 2 aromatic rings. The number of carbonyl (C=O) groups excluding carboxylic acids is 4. The number of nitrogens with two attached hydrogens (primary N) is 2. The summed E-state index contributed by atoms with van der Waals surface area (Å²) in [5, 5.41) is 6.39. The van der Waals surface area contributed by atoms with Gasteiger partial charge in [0.1, 0.15) is 11.6 Å². The molecule has 4 fully saturated rings. The molecular formula is C44H64F2N8O5. The highest BCUT2D eigenvalue weighted by Crippen LogP contribution is 2.23. The second kappa shape index (κ2) is 22.2. The van der Waals surface area contributed by atoms with Gasteiger partial charge in [-0.25, -0.2) is 8.78 Å². The molecule has 0 saturated carbocycles. The van der Waals surface area contributed by atoms with Crippen LogP contribution in [0.5, 0.6) is 0 Å². The summed E-state index contributed by atoms with van der Waals surface area (Å²) in [7, 11) is 0. The largest absolute Gasteiger partial charge is 0.375 e. The molecule has 4 aliphatic heterocycles. The lowest BCUT2D eigenvalue weighted by molar-refractivity contribution is -0.124. The van der Waals surface area contributed by atoms with Gasteiger partial charge in [-0.05, 0) is 113 Å². The van der Waals surface area contributed by atoms with Crippen molar-refractivity contribution in [2.75, 3.05) is 91.6 Å². The first kappa shape index (κ1) is 44.8. The Bertz CT molecular complexity index is 1600. The van der Waals surface area contributed by atoms with Gasteiger partial charge in [-0.15, -0.1) is 0 Å². The van der Waals surface area contributed by atoms with Crippen LogP contribution < -0.4 is 22.1 Å². The molecule has 59 heavy (non-hydrogen) atoms.